The number of morpholine rings is 1. The van der Waals surface area contributed by atoms with Crippen LogP contribution in [0.2, 0.25) is 0 Å². The van der Waals surface area contributed by atoms with Crippen molar-refractivity contribution in [1.82, 2.24) is 9.21 Å². The van der Waals surface area contributed by atoms with Crippen molar-refractivity contribution in [2.75, 3.05) is 44.7 Å². The molecular weight excluding hydrogens is 442 g/mol. The summed E-state index contributed by atoms with van der Waals surface area (Å²) in [5.41, 5.74) is 2.50. The lowest BCUT2D eigenvalue weighted by atomic mass is 9.98. The summed E-state index contributed by atoms with van der Waals surface area (Å²) in [7, 11) is -3.69. The van der Waals surface area contributed by atoms with Gasteiger partial charge in [0.2, 0.25) is 21.8 Å². The molecule has 9 heteroatoms. The maximum absolute atomic E-state index is 13.3. The first-order valence-electron chi connectivity index (χ1n) is 11.2. The minimum atomic E-state index is -3.69. The van der Waals surface area contributed by atoms with Gasteiger partial charge in [0.1, 0.15) is 0 Å². The van der Waals surface area contributed by atoms with Gasteiger partial charge in [-0.15, -0.1) is 0 Å². The van der Waals surface area contributed by atoms with E-state index in [4.69, 9.17) is 4.74 Å². The number of hydrogen-bond donors (Lipinski definition) is 1. The summed E-state index contributed by atoms with van der Waals surface area (Å²) in [5.74, 6) is -0.423. The normalized spacial score (nSPS) is 19.8. The first kappa shape index (κ1) is 23.4. The molecular formula is C24H29N3O5S. The Hall–Kier alpha value is -2.75. The van der Waals surface area contributed by atoms with Gasteiger partial charge >= 0.3 is 0 Å². The zero-order valence-corrected chi connectivity index (χ0v) is 19.5. The zero-order chi connectivity index (χ0) is 23.4. The lowest BCUT2D eigenvalue weighted by molar-refractivity contribution is -0.140. The second-order valence-corrected chi connectivity index (χ2v) is 10.4. The number of anilines is 1. The Morgan fingerprint density at radius 2 is 1.55 bits per heavy atom. The molecule has 1 unspecified atom stereocenters. The number of benzene rings is 2. The molecule has 0 saturated carbocycles. The number of nitrogens with one attached hydrogen (secondary N) is 1. The second kappa shape index (κ2) is 10.0. The fraction of sp³-hybridized carbons (Fsp3) is 0.417. The van der Waals surface area contributed by atoms with Gasteiger partial charge in [0.05, 0.1) is 24.0 Å². The Morgan fingerprint density at radius 1 is 0.939 bits per heavy atom. The second-order valence-electron chi connectivity index (χ2n) is 8.42. The number of amides is 2. The van der Waals surface area contributed by atoms with Crippen LogP contribution in [-0.4, -0.2) is 68.8 Å². The molecule has 1 N–H and O–H groups in total. The van der Waals surface area contributed by atoms with Crippen molar-refractivity contribution < 1.29 is 22.7 Å². The molecule has 176 valence electrons. The van der Waals surface area contributed by atoms with Crippen LogP contribution in [0.4, 0.5) is 5.69 Å². The summed E-state index contributed by atoms with van der Waals surface area (Å²) in [6.45, 7) is 4.28. The molecule has 2 saturated heterocycles. The third kappa shape index (κ3) is 5.43. The predicted molar refractivity (Wildman–Crippen MR) is 125 cm³/mol. The standard InChI is InChI=1S/C24H29N3O5S/c1-18(28)25-22-8-4-19(5-9-22)20-6-10-23(11-7-20)33(30,31)27-12-2-3-21(17-27)24(29)26-13-15-32-16-14-26/h4-11,21H,2-3,12-17H2,1H3,(H,25,28). The van der Waals surface area contributed by atoms with Gasteiger partial charge in [-0.25, -0.2) is 8.42 Å². The Balaban J connectivity index is 1.45. The third-order valence-electron chi connectivity index (χ3n) is 6.09. The largest absolute Gasteiger partial charge is 0.378 e. The highest BCUT2D eigenvalue weighted by atomic mass is 32.2. The predicted octanol–water partition coefficient (Wildman–Crippen LogP) is 2.57. The van der Waals surface area contributed by atoms with E-state index in [1.54, 1.807) is 41.3 Å². The van der Waals surface area contributed by atoms with E-state index in [2.05, 4.69) is 5.32 Å². The monoisotopic (exact) mass is 471 g/mol. The van der Waals surface area contributed by atoms with E-state index in [1.807, 2.05) is 12.1 Å². The van der Waals surface area contributed by atoms with E-state index in [-0.39, 0.29) is 29.2 Å². The highest BCUT2D eigenvalue weighted by molar-refractivity contribution is 7.89. The van der Waals surface area contributed by atoms with Gasteiger partial charge in [-0.05, 0) is 48.2 Å². The quantitative estimate of drug-likeness (QED) is 0.723. The zero-order valence-electron chi connectivity index (χ0n) is 18.7. The van der Waals surface area contributed by atoms with Gasteiger partial charge < -0.3 is 15.0 Å². The molecule has 1 atom stereocenters. The van der Waals surface area contributed by atoms with E-state index in [1.165, 1.54) is 11.2 Å². The molecule has 2 aliphatic heterocycles. The Labute approximate surface area is 194 Å². The molecule has 2 aliphatic rings. The number of sulfonamides is 1. The van der Waals surface area contributed by atoms with Crippen LogP contribution < -0.4 is 5.32 Å². The highest BCUT2D eigenvalue weighted by Gasteiger charge is 2.35. The van der Waals surface area contributed by atoms with Crippen LogP contribution in [0.5, 0.6) is 0 Å². The summed E-state index contributed by atoms with van der Waals surface area (Å²) in [5, 5.41) is 2.72. The Bertz CT molecular complexity index is 1090. The topological polar surface area (TPSA) is 96.0 Å². The number of carbonyl (C=O) groups is 2. The smallest absolute Gasteiger partial charge is 0.243 e. The summed E-state index contributed by atoms with van der Waals surface area (Å²) in [6.07, 6.45) is 1.37. The molecule has 8 nitrogen and oxygen atoms in total. The molecule has 0 radical (unpaired) electrons. The van der Waals surface area contributed by atoms with Crippen LogP contribution in [0.25, 0.3) is 11.1 Å². The molecule has 2 aromatic carbocycles. The number of carbonyl (C=O) groups excluding carboxylic acids is 2. The molecule has 0 bridgehead atoms. The molecule has 2 aromatic rings. The van der Waals surface area contributed by atoms with Crippen LogP contribution in [0, 0.1) is 5.92 Å². The van der Waals surface area contributed by atoms with E-state index in [9.17, 15) is 18.0 Å². The first-order valence-corrected chi connectivity index (χ1v) is 12.6. The average molecular weight is 472 g/mol. The summed E-state index contributed by atoms with van der Waals surface area (Å²) < 4.78 is 33.3. The summed E-state index contributed by atoms with van der Waals surface area (Å²) in [4.78, 5) is 26.1. The van der Waals surface area contributed by atoms with E-state index < -0.39 is 10.0 Å². The first-order chi connectivity index (χ1) is 15.8. The minimum absolute atomic E-state index is 0.0243. The number of rotatable bonds is 5. The fourth-order valence-corrected chi connectivity index (χ4v) is 5.85. The van der Waals surface area contributed by atoms with Crippen LogP contribution in [0.15, 0.2) is 53.4 Å². The maximum atomic E-state index is 13.3. The van der Waals surface area contributed by atoms with Crippen molar-refractivity contribution in [2.24, 2.45) is 5.92 Å². The molecule has 0 aromatic heterocycles. The van der Waals surface area contributed by atoms with Gasteiger partial charge in [0.15, 0.2) is 0 Å². The lowest BCUT2D eigenvalue weighted by Gasteiger charge is -2.35. The van der Waals surface area contributed by atoms with Crippen LogP contribution in [0.1, 0.15) is 19.8 Å². The van der Waals surface area contributed by atoms with Gasteiger partial charge in [-0.3, -0.25) is 9.59 Å². The lowest BCUT2D eigenvalue weighted by Crippen LogP contribution is -2.49. The van der Waals surface area contributed by atoms with E-state index in [0.717, 1.165) is 11.1 Å². The molecule has 2 fully saturated rings. The fourth-order valence-electron chi connectivity index (χ4n) is 4.32. The molecule has 4 rings (SSSR count). The maximum Gasteiger partial charge on any atom is 0.243 e. The van der Waals surface area contributed by atoms with Gasteiger partial charge in [-0.2, -0.15) is 4.31 Å². The van der Waals surface area contributed by atoms with Crippen molar-refractivity contribution >= 4 is 27.5 Å². The van der Waals surface area contributed by atoms with Crippen LogP contribution in [0.3, 0.4) is 0 Å². The molecule has 0 spiro atoms. The average Bonchev–Trinajstić information content (AvgIpc) is 2.84. The number of nitrogens with zero attached hydrogens (tertiary/aromatic N) is 2. The summed E-state index contributed by atoms with van der Waals surface area (Å²) in [6, 6.07) is 14.1. The van der Waals surface area contributed by atoms with Crippen molar-refractivity contribution in [3.8, 4) is 11.1 Å². The SMILES string of the molecule is CC(=O)Nc1ccc(-c2ccc(S(=O)(=O)N3CCCC(C(=O)N4CCOCC4)C3)cc2)cc1. The van der Waals surface area contributed by atoms with E-state index >= 15 is 0 Å². The summed E-state index contributed by atoms with van der Waals surface area (Å²) >= 11 is 0. The Morgan fingerprint density at radius 3 is 2.15 bits per heavy atom. The van der Waals surface area contributed by atoms with Crippen LogP contribution >= 0.6 is 0 Å². The highest BCUT2D eigenvalue weighted by Crippen LogP contribution is 2.28. The van der Waals surface area contributed by atoms with Gasteiger partial charge in [0, 0.05) is 38.8 Å². The molecule has 2 amide bonds. The van der Waals surface area contributed by atoms with Crippen molar-refractivity contribution in [3.05, 3.63) is 48.5 Å². The van der Waals surface area contributed by atoms with Gasteiger partial charge in [-0.1, -0.05) is 24.3 Å². The third-order valence-corrected chi connectivity index (χ3v) is 7.97. The van der Waals surface area contributed by atoms with E-state index in [0.29, 0.717) is 51.4 Å². The molecule has 2 heterocycles. The van der Waals surface area contributed by atoms with Crippen molar-refractivity contribution in [2.45, 2.75) is 24.7 Å². The Kier molecular flexibility index (Phi) is 7.11. The van der Waals surface area contributed by atoms with Gasteiger partial charge in [0.25, 0.3) is 0 Å². The molecule has 33 heavy (non-hydrogen) atoms. The van der Waals surface area contributed by atoms with Crippen molar-refractivity contribution in [3.63, 3.8) is 0 Å². The van der Waals surface area contributed by atoms with Crippen LogP contribution in [-0.2, 0) is 24.3 Å². The van der Waals surface area contributed by atoms with Crippen molar-refractivity contribution in [1.29, 1.82) is 0 Å². The molecule has 0 aliphatic carbocycles. The number of ether oxygens (including phenoxy) is 1. The number of hydrogen-bond acceptors (Lipinski definition) is 5. The number of piperidine rings is 1. The minimum Gasteiger partial charge on any atom is -0.378 e.